The number of rotatable bonds is 8. The Morgan fingerprint density at radius 2 is 1.45 bits per heavy atom. The quantitative estimate of drug-likeness (QED) is 0.352. The summed E-state index contributed by atoms with van der Waals surface area (Å²) in [5, 5.41) is 4.63. The largest absolute Gasteiger partial charge is 0.443 e. The lowest BCUT2D eigenvalue weighted by molar-refractivity contribution is -0.121. The number of anilines is 1. The van der Waals surface area contributed by atoms with Crippen LogP contribution in [0.2, 0.25) is 0 Å². The number of hydrogen-bond acceptors (Lipinski definition) is 5. The number of hydrazine groups is 1. The topological polar surface area (TPSA) is 83.6 Å². The van der Waals surface area contributed by atoms with Crippen LogP contribution in [0.4, 0.5) is 10.5 Å². The SMILES string of the molecule is CC(C)(C)OC(=O)N(CC(c1ccccc1)c1ccccc1)NC1CCC(C(=O)Nc2ccncc2)CC1. The Kier molecular flexibility index (Phi) is 9.13. The summed E-state index contributed by atoms with van der Waals surface area (Å²) in [5.41, 5.74) is 5.88. The third-order valence-electron chi connectivity index (χ3n) is 6.77. The number of benzene rings is 2. The van der Waals surface area contributed by atoms with Gasteiger partial charge in [-0.1, -0.05) is 60.7 Å². The van der Waals surface area contributed by atoms with Gasteiger partial charge in [0.15, 0.2) is 0 Å². The van der Waals surface area contributed by atoms with Crippen LogP contribution in [0.15, 0.2) is 85.2 Å². The number of pyridine rings is 1. The van der Waals surface area contributed by atoms with Crippen molar-refractivity contribution in [2.45, 2.75) is 64.0 Å². The normalized spacial score (nSPS) is 17.6. The molecule has 1 heterocycles. The van der Waals surface area contributed by atoms with E-state index in [0.717, 1.165) is 42.5 Å². The van der Waals surface area contributed by atoms with Gasteiger partial charge in [0.1, 0.15) is 5.60 Å². The van der Waals surface area contributed by atoms with Crippen molar-refractivity contribution in [3.8, 4) is 0 Å². The van der Waals surface area contributed by atoms with Gasteiger partial charge >= 0.3 is 6.09 Å². The number of carbonyl (C=O) groups is 2. The van der Waals surface area contributed by atoms with Crippen LogP contribution in [0, 0.1) is 5.92 Å². The van der Waals surface area contributed by atoms with Crippen LogP contribution in [0.3, 0.4) is 0 Å². The van der Waals surface area contributed by atoms with E-state index in [1.807, 2.05) is 57.2 Å². The van der Waals surface area contributed by atoms with Gasteiger partial charge < -0.3 is 10.1 Å². The monoisotopic (exact) mass is 514 g/mol. The highest BCUT2D eigenvalue weighted by atomic mass is 16.6. The number of aromatic nitrogens is 1. The summed E-state index contributed by atoms with van der Waals surface area (Å²) in [7, 11) is 0. The van der Waals surface area contributed by atoms with Crippen LogP contribution in [0.1, 0.15) is 63.5 Å². The second-order valence-corrected chi connectivity index (χ2v) is 10.9. The maximum absolute atomic E-state index is 13.4. The molecule has 1 aromatic heterocycles. The van der Waals surface area contributed by atoms with Crippen LogP contribution in [0.25, 0.3) is 0 Å². The smallest absolute Gasteiger partial charge is 0.424 e. The first kappa shape index (κ1) is 27.3. The molecule has 200 valence electrons. The van der Waals surface area contributed by atoms with Gasteiger partial charge in [0.05, 0.1) is 6.54 Å². The van der Waals surface area contributed by atoms with E-state index in [9.17, 15) is 9.59 Å². The minimum absolute atomic E-state index is 0.0279. The first-order valence-electron chi connectivity index (χ1n) is 13.4. The molecule has 1 saturated carbocycles. The average Bonchev–Trinajstić information content (AvgIpc) is 2.92. The molecule has 0 saturated heterocycles. The Labute approximate surface area is 225 Å². The first-order valence-corrected chi connectivity index (χ1v) is 13.4. The number of carbonyl (C=O) groups excluding carboxylic acids is 2. The fraction of sp³-hybridized carbons (Fsp3) is 0.387. The van der Waals surface area contributed by atoms with Gasteiger partial charge in [-0.05, 0) is 69.7 Å². The predicted molar refractivity (Wildman–Crippen MR) is 149 cm³/mol. The van der Waals surface area contributed by atoms with Gasteiger partial charge in [-0.25, -0.2) is 15.2 Å². The zero-order chi connectivity index (χ0) is 27.0. The van der Waals surface area contributed by atoms with Crippen molar-refractivity contribution in [2.24, 2.45) is 5.92 Å². The van der Waals surface area contributed by atoms with Crippen LogP contribution < -0.4 is 10.7 Å². The molecule has 0 spiro atoms. The lowest BCUT2D eigenvalue weighted by Gasteiger charge is -2.36. The Morgan fingerprint density at radius 3 is 1.97 bits per heavy atom. The van der Waals surface area contributed by atoms with Crippen molar-refractivity contribution in [1.82, 2.24) is 15.4 Å². The maximum Gasteiger partial charge on any atom is 0.424 e. The third kappa shape index (κ3) is 7.89. The van der Waals surface area contributed by atoms with Crippen LogP contribution >= 0.6 is 0 Å². The van der Waals surface area contributed by atoms with E-state index in [4.69, 9.17) is 4.74 Å². The molecule has 1 aliphatic carbocycles. The van der Waals surface area contributed by atoms with Crippen LogP contribution in [0.5, 0.6) is 0 Å². The van der Waals surface area contributed by atoms with Crippen molar-refractivity contribution in [1.29, 1.82) is 0 Å². The molecule has 3 aromatic rings. The third-order valence-corrected chi connectivity index (χ3v) is 6.77. The minimum Gasteiger partial charge on any atom is -0.443 e. The Balaban J connectivity index is 1.46. The number of nitrogens with zero attached hydrogens (tertiary/aromatic N) is 2. The van der Waals surface area contributed by atoms with E-state index in [1.54, 1.807) is 29.5 Å². The number of hydrogen-bond donors (Lipinski definition) is 2. The lowest BCUT2D eigenvalue weighted by Crippen LogP contribution is -2.52. The molecule has 0 unspecified atom stereocenters. The summed E-state index contributed by atoms with van der Waals surface area (Å²) in [4.78, 5) is 30.2. The highest BCUT2D eigenvalue weighted by molar-refractivity contribution is 5.92. The van der Waals surface area contributed by atoms with Gasteiger partial charge in [-0.3, -0.25) is 9.78 Å². The number of nitrogens with one attached hydrogen (secondary N) is 2. The van der Waals surface area contributed by atoms with E-state index in [-0.39, 0.29) is 23.8 Å². The molecule has 7 nitrogen and oxygen atoms in total. The van der Waals surface area contributed by atoms with Gasteiger partial charge in [-0.15, -0.1) is 0 Å². The second kappa shape index (κ2) is 12.7. The molecule has 38 heavy (non-hydrogen) atoms. The van der Waals surface area contributed by atoms with Crippen molar-refractivity contribution in [3.05, 3.63) is 96.3 Å². The molecule has 1 aliphatic rings. The number of amides is 2. The molecule has 0 radical (unpaired) electrons. The van der Waals surface area contributed by atoms with Crippen molar-refractivity contribution < 1.29 is 14.3 Å². The van der Waals surface area contributed by atoms with E-state index in [1.165, 1.54) is 0 Å². The average molecular weight is 515 g/mol. The summed E-state index contributed by atoms with van der Waals surface area (Å²) in [6.45, 7) is 6.05. The zero-order valence-electron chi connectivity index (χ0n) is 22.5. The number of ether oxygens (including phenoxy) is 1. The van der Waals surface area contributed by atoms with Crippen molar-refractivity contribution >= 4 is 17.7 Å². The fourth-order valence-electron chi connectivity index (χ4n) is 4.84. The highest BCUT2D eigenvalue weighted by Gasteiger charge is 2.31. The summed E-state index contributed by atoms with van der Waals surface area (Å²) < 4.78 is 5.80. The summed E-state index contributed by atoms with van der Waals surface area (Å²) in [6, 6.07) is 24.1. The summed E-state index contributed by atoms with van der Waals surface area (Å²) in [6.07, 6.45) is 6.01. The molecular formula is C31H38N4O3. The maximum atomic E-state index is 13.4. The van der Waals surface area contributed by atoms with Gasteiger partial charge in [0.25, 0.3) is 0 Å². The van der Waals surface area contributed by atoms with Gasteiger partial charge in [0, 0.05) is 36.0 Å². The van der Waals surface area contributed by atoms with E-state index < -0.39 is 11.7 Å². The molecule has 0 atom stereocenters. The van der Waals surface area contributed by atoms with Crippen LogP contribution in [-0.2, 0) is 9.53 Å². The molecule has 4 rings (SSSR count). The predicted octanol–water partition coefficient (Wildman–Crippen LogP) is 6.15. The highest BCUT2D eigenvalue weighted by Crippen LogP contribution is 2.29. The molecule has 7 heteroatoms. The molecule has 2 aromatic carbocycles. The van der Waals surface area contributed by atoms with Crippen molar-refractivity contribution in [2.75, 3.05) is 11.9 Å². The van der Waals surface area contributed by atoms with E-state index >= 15 is 0 Å². The molecular weight excluding hydrogens is 476 g/mol. The minimum atomic E-state index is -0.616. The Bertz CT molecular complexity index is 1120. The summed E-state index contributed by atoms with van der Waals surface area (Å²) >= 11 is 0. The van der Waals surface area contributed by atoms with E-state index in [0.29, 0.717) is 6.54 Å². The summed E-state index contributed by atoms with van der Waals surface area (Å²) in [5.74, 6) is -0.0515. The fourth-order valence-corrected chi connectivity index (χ4v) is 4.84. The molecule has 2 amide bonds. The Hall–Kier alpha value is -3.71. The second-order valence-electron chi connectivity index (χ2n) is 10.9. The Morgan fingerprint density at radius 1 is 0.895 bits per heavy atom. The molecule has 1 fully saturated rings. The lowest BCUT2D eigenvalue weighted by atomic mass is 9.85. The molecule has 0 aliphatic heterocycles. The van der Waals surface area contributed by atoms with Crippen molar-refractivity contribution in [3.63, 3.8) is 0 Å². The standard InChI is InChI=1S/C31H38N4O3/c1-31(2,3)38-30(37)35(22-28(23-10-6-4-7-11-23)24-12-8-5-9-13-24)34-27-16-14-25(15-17-27)29(36)33-26-18-20-32-21-19-26/h4-13,18-21,25,27-28,34H,14-17,22H2,1-3H3,(H,32,33,36). The molecule has 0 bridgehead atoms. The molecule has 2 N–H and O–H groups in total. The zero-order valence-corrected chi connectivity index (χ0v) is 22.5. The van der Waals surface area contributed by atoms with Gasteiger partial charge in [-0.2, -0.15) is 0 Å². The first-order chi connectivity index (χ1) is 18.3. The van der Waals surface area contributed by atoms with E-state index in [2.05, 4.69) is 40.0 Å². The van der Waals surface area contributed by atoms with Gasteiger partial charge in [0.2, 0.25) is 5.91 Å². The van der Waals surface area contributed by atoms with Crippen LogP contribution in [-0.4, -0.2) is 40.2 Å².